The van der Waals surface area contributed by atoms with Crippen LogP contribution in [0.3, 0.4) is 0 Å². The van der Waals surface area contributed by atoms with E-state index in [1.54, 1.807) is 6.08 Å². The summed E-state index contributed by atoms with van der Waals surface area (Å²) >= 11 is 0. The molecule has 1 fully saturated rings. The largest absolute Gasteiger partial charge is 0.461 e. The molecule has 0 spiro atoms. The lowest BCUT2D eigenvalue weighted by Crippen LogP contribution is -2.40. The van der Waals surface area contributed by atoms with Crippen LogP contribution >= 0.6 is 0 Å². The minimum Gasteiger partial charge on any atom is -0.435 e. The average Bonchev–Trinajstić information content (AvgIpc) is 2.14. The van der Waals surface area contributed by atoms with Crippen molar-refractivity contribution in [1.29, 1.82) is 0 Å². The summed E-state index contributed by atoms with van der Waals surface area (Å²) in [5.74, 6) is -0.321. The summed E-state index contributed by atoms with van der Waals surface area (Å²) in [4.78, 5) is 10.4. The molecule has 0 aliphatic carbocycles. The third kappa shape index (κ3) is 5.00. The van der Waals surface area contributed by atoms with Crippen LogP contribution in [0.5, 0.6) is 0 Å². The average molecular weight is 212 g/mol. The topological polar surface area (TPSA) is 44.8 Å². The fourth-order valence-corrected chi connectivity index (χ4v) is 1.17. The van der Waals surface area contributed by atoms with Crippen LogP contribution in [0.1, 0.15) is 20.8 Å². The first-order valence-electron chi connectivity index (χ1n) is 5.05. The van der Waals surface area contributed by atoms with Crippen molar-refractivity contribution in [1.82, 2.24) is 0 Å². The summed E-state index contributed by atoms with van der Waals surface area (Å²) in [5.41, 5.74) is 0.0934. The van der Waals surface area contributed by atoms with Crippen LogP contribution in [0.15, 0.2) is 12.3 Å². The SMILES string of the molecule is CC(=O)O/C=C/CB1OCC(C)(C)CO1. The zero-order valence-corrected chi connectivity index (χ0v) is 9.49. The summed E-state index contributed by atoms with van der Waals surface area (Å²) in [6.45, 7) is 6.94. The maximum absolute atomic E-state index is 10.4. The molecule has 0 amide bonds. The van der Waals surface area contributed by atoms with Gasteiger partial charge < -0.3 is 14.0 Å². The number of carbonyl (C=O) groups excluding carboxylic acids is 1. The Balaban J connectivity index is 2.19. The number of ether oxygens (including phenoxy) is 1. The highest BCUT2D eigenvalue weighted by molar-refractivity contribution is 6.45. The van der Waals surface area contributed by atoms with E-state index in [1.165, 1.54) is 13.2 Å². The van der Waals surface area contributed by atoms with Gasteiger partial charge in [-0.1, -0.05) is 19.9 Å². The van der Waals surface area contributed by atoms with E-state index in [1.807, 2.05) is 0 Å². The first kappa shape index (κ1) is 12.3. The number of allylic oxidation sites excluding steroid dienone is 1. The lowest BCUT2D eigenvalue weighted by molar-refractivity contribution is -0.135. The molecule has 1 rings (SSSR count). The van der Waals surface area contributed by atoms with Gasteiger partial charge in [0.15, 0.2) is 0 Å². The van der Waals surface area contributed by atoms with Crippen LogP contribution in [0.2, 0.25) is 6.32 Å². The van der Waals surface area contributed by atoms with Crippen LogP contribution in [0.4, 0.5) is 0 Å². The van der Waals surface area contributed by atoms with Gasteiger partial charge in [0.1, 0.15) is 0 Å². The van der Waals surface area contributed by atoms with E-state index in [2.05, 4.69) is 18.6 Å². The van der Waals surface area contributed by atoms with E-state index in [0.717, 1.165) is 0 Å². The molecule has 0 aromatic heterocycles. The van der Waals surface area contributed by atoms with Gasteiger partial charge >= 0.3 is 13.1 Å². The standard InChI is InChI=1S/C10H17BO4/c1-9(12)13-6-4-5-11-14-7-10(2,3)8-15-11/h4,6H,5,7-8H2,1-3H3/b6-4+. The highest BCUT2D eigenvalue weighted by atomic mass is 16.6. The smallest absolute Gasteiger partial charge is 0.435 e. The number of hydrogen-bond acceptors (Lipinski definition) is 4. The van der Waals surface area contributed by atoms with Gasteiger partial charge in [0.2, 0.25) is 0 Å². The number of hydrogen-bond donors (Lipinski definition) is 0. The highest BCUT2D eigenvalue weighted by Gasteiger charge is 2.30. The lowest BCUT2D eigenvalue weighted by Gasteiger charge is -2.32. The molecule has 0 radical (unpaired) electrons. The van der Waals surface area contributed by atoms with Crippen molar-refractivity contribution < 1.29 is 18.8 Å². The van der Waals surface area contributed by atoms with Crippen LogP contribution in [0, 0.1) is 5.41 Å². The molecule has 1 saturated heterocycles. The van der Waals surface area contributed by atoms with Gasteiger partial charge in [0.05, 0.1) is 6.26 Å². The van der Waals surface area contributed by atoms with Crippen molar-refractivity contribution in [2.75, 3.05) is 13.2 Å². The fourth-order valence-electron chi connectivity index (χ4n) is 1.17. The molecule has 0 atom stereocenters. The second-order valence-corrected chi connectivity index (χ2v) is 4.43. The van der Waals surface area contributed by atoms with Gasteiger partial charge in [-0.2, -0.15) is 0 Å². The third-order valence-electron chi connectivity index (χ3n) is 1.98. The molecule has 0 aromatic carbocycles. The van der Waals surface area contributed by atoms with Crippen LogP contribution < -0.4 is 0 Å². The Bertz CT molecular complexity index is 240. The van der Waals surface area contributed by atoms with Crippen molar-refractivity contribution in [2.24, 2.45) is 5.41 Å². The molecule has 0 saturated carbocycles. The van der Waals surface area contributed by atoms with Crippen molar-refractivity contribution in [3.63, 3.8) is 0 Å². The number of rotatable bonds is 3. The van der Waals surface area contributed by atoms with Crippen molar-refractivity contribution in [2.45, 2.75) is 27.1 Å². The third-order valence-corrected chi connectivity index (χ3v) is 1.98. The Morgan fingerprint density at radius 1 is 1.47 bits per heavy atom. The molecule has 0 aromatic rings. The quantitative estimate of drug-likeness (QED) is 0.405. The Kier molecular flexibility index (Phi) is 4.35. The molecule has 5 heteroatoms. The van der Waals surface area contributed by atoms with Gasteiger partial charge in [-0.25, -0.2) is 0 Å². The van der Waals surface area contributed by atoms with Crippen molar-refractivity contribution in [3.05, 3.63) is 12.3 Å². The van der Waals surface area contributed by atoms with Crippen LogP contribution in [-0.4, -0.2) is 26.3 Å². The summed E-state index contributed by atoms with van der Waals surface area (Å²) < 4.78 is 15.6. The lowest BCUT2D eigenvalue weighted by atomic mass is 9.80. The van der Waals surface area contributed by atoms with E-state index in [4.69, 9.17) is 9.31 Å². The Hall–Kier alpha value is -0.805. The first-order valence-corrected chi connectivity index (χ1v) is 5.05. The molecule has 1 aliphatic rings. The molecular weight excluding hydrogens is 195 g/mol. The van der Waals surface area contributed by atoms with Gasteiger partial charge in [0, 0.05) is 31.9 Å². The zero-order valence-electron chi connectivity index (χ0n) is 9.49. The molecule has 1 heterocycles. The maximum Gasteiger partial charge on any atom is 0.461 e. The molecular formula is C10H17BO4. The minimum atomic E-state index is -0.321. The van der Waals surface area contributed by atoms with Crippen LogP contribution in [-0.2, 0) is 18.8 Å². The number of carbonyl (C=O) groups is 1. The molecule has 0 N–H and O–H groups in total. The predicted molar refractivity (Wildman–Crippen MR) is 57.2 cm³/mol. The molecule has 4 nitrogen and oxygen atoms in total. The second kappa shape index (κ2) is 5.33. The van der Waals surface area contributed by atoms with Crippen LogP contribution in [0.25, 0.3) is 0 Å². The highest BCUT2D eigenvalue weighted by Crippen LogP contribution is 2.22. The summed E-state index contributed by atoms with van der Waals surface area (Å²) in [6, 6.07) is 0. The van der Waals surface area contributed by atoms with E-state index in [-0.39, 0.29) is 18.5 Å². The summed E-state index contributed by atoms with van der Waals surface area (Å²) in [6.07, 6.45) is 3.70. The monoisotopic (exact) mass is 212 g/mol. The van der Waals surface area contributed by atoms with Crippen molar-refractivity contribution in [3.8, 4) is 0 Å². The van der Waals surface area contributed by atoms with E-state index >= 15 is 0 Å². The summed E-state index contributed by atoms with van der Waals surface area (Å²) in [5, 5.41) is 0. The van der Waals surface area contributed by atoms with E-state index in [0.29, 0.717) is 19.5 Å². The number of esters is 1. The summed E-state index contributed by atoms with van der Waals surface area (Å²) in [7, 11) is -0.218. The van der Waals surface area contributed by atoms with Crippen molar-refractivity contribution >= 4 is 13.1 Å². The van der Waals surface area contributed by atoms with E-state index in [9.17, 15) is 4.79 Å². The second-order valence-electron chi connectivity index (χ2n) is 4.43. The Morgan fingerprint density at radius 3 is 2.60 bits per heavy atom. The normalized spacial score (nSPS) is 20.6. The molecule has 1 aliphatic heterocycles. The predicted octanol–water partition coefficient (Wildman–Crippen LogP) is 1.62. The van der Waals surface area contributed by atoms with Gasteiger partial charge in [-0.15, -0.1) is 0 Å². The minimum absolute atomic E-state index is 0.0934. The molecule has 0 bridgehead atoms. The molecule has 15 heavy (non-hydrogen) atoms. The van der Waals surface area contributed by atoms with Gasteiger partial charge in [-0.05, 0) is 0 Å². The Morgan fingerprint density at radius 2 is 2.07 bits per heavy atom. The maximum atomic E-state index is 10.4. The molecule has 0 unspecified atom stereocenters. The van der Waals surface area contributed by atoms with Gasteiger partial charge in [0.25, 0.3) is 0 Å². The van der Waals surface area contributed by atoms with E-state index < -0.39 is 0 Å². The van der Waals surface area contributed by atoms with Gasteiger partial charge in [-0.3, -0.25) is 4.79 Å². The molecule has 84 valence electrons. The zero-order chi connectivity index (χ0) is 11.3. The first-order chi connectivity index (χ1) is 6.99. The Labute approximate surface area is 90.7 Å². The fraction of sp³-hybridized carbons (Fsp3) is 0.700.